The average molecular weight is 584 g/mol. The highest BCUT2D eigenvalue weighted by molar-refractivity contribution is 6.34. The van der Waals surface area contributed by atoms with E-state index in [1.54, 1.807) is 12.1 Å². The number of ether oxygens (including phenoxy) is 3. The van der Waals surface area contributed by atoms with Crippen LogP contribution in [0.25, 0.3) is 0 Å². The fourth-order valence-corrected chi connectivity index (χ4v) is 4.55. The molecule has 0 aromatic heterocycles. The number of benzene rings is 3. The summed E-state index contributed by atoms with van der Waals surface area (Å²) in [6.45, 7) is 2.00. The van der Waals surface area contributed by atoms with Crippen LogP contribution in [0.2, 0.25) is 5.02 Å². The summed E-state index contributed by atoms with van der Waals surface area (Å²) in [5.74, 6) is -0.171. The Hall–Kier alpha value is -4.15. The second-order valence-corrected chi connectivity index (χ2v) is 9.84. The Labute approximate surface area is 242 Å². The Morgan fingerprint density at radius 3 is 2.56 bits per heavy atom. The largest absolute Gasteiger partial charge is 0.496 e. The molecule has 3 aromatic carbocycles. The number of nitrogens with one attached hydrogen (secondary N) is 2. The number of carbonyl (C=O) groups is 3. The molecule has 216 valence electrons. The van der Waals surface area contributed by atoms with E-state index in [0.717, 1.165) is 5.56 Å². The van der Waals surface area contributed by atoms with Crippen molar-refractivity contribution in [1.82, 2.24) is 10.2 Å². The van der Waals surface area contributed by atoms with E-state index >= 15 is 0 Å². The van der Waals surface area contributed by atoms with E-state index in [4.69, 9.17) is 25.8 Å². The van der Waals surface area contributed by atoms with Gasteiger partial charge < -0.3 is 19.5 Å². The maximum Gasteiger partial charge on any atom is 0.412 e. The maximum atomic E-state index is 13.1. The van der Waals surface area contributed by atoms with Crippen molar-refractivity contribution < 1.29 is 33.0 Å². The minimum Gasteiger partial charge on any atom is -0.496 e. The number of anilines is 1. The standard InChI is InChI=1S/C30H31ClFN3O6/c1-39-28-17-26(34-30(38)41-19-20-6-3-2-4-7-20)24(31)16-23(28)29(37)33-25-12-14-35(18-27(25)36)13-5-15-40-22-10-8-21(32)9-11-22/h2-4,6-11,16-17,25H,5,12-15,18-19H2,1H3,(H,33,37)(H,34,38). The predicted octanol–water partition coefficient (Wildman–Crippen LogP) is 5.08. The molecule has 1 fully saturated rings. The molecule has 4 rings (SSSR count). The molecule has 1 unspecified atom stereocenters. The van der Waals surface area contributed by atoms with Crippen LogP contribution in [0.15, 0.2) is 66.7 Å². The van der Waals surface area contributed by atoms with E-state index in [2.05, 4.69) is 10.6 Å². The van der Waals surface area contributed by atoms with E-state index < -0.39 is 18.0 Å². The van der Waals surface area contributed by atoms with Crippen molar-refractivity contribution in [2.75, 3.05) is 38.7 Å². The van der Waals surface area contributed by atoms with E-state index in [9.17, 15) is 18.8 Å². The first kappa shape index (κ1) is 29.8. The minimum atomic E-state index is -0.714. The van der Waals surface area contributed by atoms with Gasteiger partial charge in [0.1, 0.15) is 23.9 Å². The van der Waals surface area contributed by atoms with Gasteiger partial charge in [0, 0.05) is 19.2 Å². The quantitative estimate of drug-likeness (QED) is 0.303. The van der Waals surface area contributed by atoms with E-state index in [1.165, 1.54) is 31.4 Å². The fourth-order valence-electron chi connectivity index (χ4n) is 4.34. The van der Waals surface area contributed by atoms with Gasteiger partial charge in [0.25, 0.3) is 5.91 Å². The number of hydrogen-bond donors (Lipinski definition) is 2. The maximum absolute atomic E-state index is 13.1. The summed E-state index contributed by atoms with van der Waals surface area (Å²) in [7, 11) is 1.39. The van der Waals surface area contributed by atoms with Crippen molar-refractivity contribution >= 4 is 35.1 Å². The molecular weight excluding hydrogens is 553 g/mol. The van der Waals surface area contributed by atoms with Crippen LogP contribution in [-0.2, 0) is 16.1 Å². The lowest BCUT2D eigenvalue weighted by atomic mass is 10.0. The first-order chi connectivity index (χ1) is 19.8. The topological polar surface area (TPSA) is 106 Å². The number of halogens is 2. The van der Waals surface area contributed by atoms with Crippen LogP contribution in [-0.4, -0.2) is 62.1 Å². The van der Waals surface area contributed by atoms with Crippen molar-refractivity contribution in [3.05, 3.63) is 88.7 Å². The molecular formula is C30H31ClFN3O6. The van der Waals surface area contributed by atoms with Crippen LogP contribution in [0.5, 0.6) is 11.5 Å². The molecule has 0 bridgehead atoms. The molecule has 1 atom stereocenters. The van der Waals surface area contributed by atoms with Crippen molar-refractivity contribution in [3.8, 4) is 11.5 Å². The number of amides is 2. The number of rotatable bonds is 11. The van der Waals surface area contributed by atoms with E-state index in [0.29, 0.717) is 38.3 Å². The van der Waals surface area contributed by atoms with Crippen LogP contribution < -0.4 is 20.1 Å². The lowest BCUT2D eigenvalue weighted by molar-refractivity contribution is -0.124. The van der Waals surface area contributed by atoms with Crippen molar-refractivity contribution in [2.24, 2.45) is 0 Å². The summed E-state index contributed by atoms with van der Waals surface area (Å²) in [6.07, 6.45) is 0.429. The zero-order chi connectivity index (χ0) is 29.2. The molecule has 0 spiro atoms. The third kappa shape index (κ3) is 8.67. The molecule has 11 heteroatoms. The number of nitrogens with zero attached hydrogens (tertiary/aromatic N) is 1. The van der Waals surface area contributed by atoms with Gasteiger partial charge in [0.2, 0.25) is 0 Å². The highest BCUT2D eigenvalue weighted by Gasteiger charge is 2.29. The zero-order valence-corrected chi connectivity index (χ0v) is 23.3. The second-order valence-electron chi connectivity index (χ2n) is 9.43. The van der Waals surface area contributed by atoms with Crippen LogP contribution >= 0.6 is 11.6 Å². The molecule has 1 aliphatic rings. The molecule has 0 saturated carbocycles. The molecule has 3 aromatic rings. The SMILES string of the molecule is COc1cc(NC(=O)OCc2ccccc2)c(Cl)cc1C(=O)NC1CCN(CCCOc2ccc(F)cc2)CC1=O. The predicted molar refractivity (Wildman–Crippen MR) is 152 cm³/mol. The van der Waals surface area contributed by atoms with Crippen LogP contribution in [0.4, 0.5) is 14.9 Å². The second kappa shape index (κ2) is 14.5. The fraction of sp³-hybridized carbons (Fsp3) is 0.300. The van der Waals surface area contributed by atoms with Crippen LogP contribution in [0, 0.1) is 5.82 Å². The van der Waals surface area contributed by atoms with Gasteiger partial charge in [0.05, 0.1) is 42.6 Å². The normalized spacial score (nSPS) is 15.2. The Bertz CT molecular complexity index is 1360. The summed E-state index contributed by atoms with van der Waals surface area (Å²) in [6, 6.07) is 17.2. The smallest absolute Gasteiger partial charge is 0.412 e. The number of hydrogen-bond acceptors (Lipinski definition) is 7. The highest BCUT2D eigenvalue weighted by Crippen LogP contribution is 2.31. The Kier molecular flexibility index (Phi) is 10.5. The Morgan fingerprint density at radius 1 is 1.10 bits per heavy atom. The lowest BCUT2D eigenvalue weighted by Crippen LogP contribution is -2.51. The van der Waals surface area contributed by atoms with Gasteiger partial charge in [0.15, 0.2) is 5.78 Å². The van der Waals surface area contributed by atoms with Gasteiger partial charge in [-0.1, -0.05) is 41.9 Å². The highest BCUT2D eigenvalue weighted by atomic mass is 35.5. The summed E-state index contributed by atoms with van der Waals surface area (Å²) >= 11 is 6.35. The Balaban J connectivity index is 1.25. The molecule has 9 nitrogen and oxygen atoms in total. The van der Waals surface area contributed by atoms with Gasteiger partial charge in [-0.3, -0.25) is 19.8 Å². The number of Topliss-reactive ketones (excluding diaryl/α,β-unsaturated/α-hetero) is 1. The summed E-state index contributed by atoms with van der Waals surface area (Å²) in [4.78, 5) is 40.1. The van der Waals surface area contributed by atoms with Crippen LogP contribution in [0.1, 0.15) is 28.8 Å². The number of methoxy groups -OCH3 is 1. The van der Waals surface area contributed by atoms with Crippen molar-refractivity contribution in [3.63, 3.8) is 0 Å². The number of piperidine rings is 1. The van der Waals surface area contributed by atoms with Crippen molar-refractivity contribution in [1.29, 1.82) is 0 Å². The summed E-state index contributed by atoms with van der Waals surface area (Å²) in [5, 5.41) is 5.44. The molecule has 1 heterocycles. The Morgan fingerprint density at radius 2 is 1.85 bits per heavy atom. The van der Waals surface area contributed by atoms with Gasteiger partial charge in [-0.05, 0) is 48.7 Å². The molecule has 1 aliphatic heterocycles. The van der Waals surface area contributed by atoms with E-state index in [1.807, 2.05) is 35.2 Å². The lowest BCUT2D eigenvalue weighted by Gasteiger charge is -2.31. The molecule has 0 radical (unpaired) electrons. The first-order valence-corrected chi connectivity index (χ1v) is 13.5. The van der Waals surface area contributed by atoms with Crippen molar-refractivity contribution in [2.45, 2.75) is 25.5 Å². The number of carbonyl (C=O) groups excluding carboxylic acids is 3. The molecule has 1 saturated heterocycles. The van der Waals surface area contributed by atoms with Gasteiger partial charge >= 0.3 is 6.09 Å². The van der Waals surface area contributed by atoms with Gasteiger partial charge in [-0.15, -0.1) is 0 Å². The van der Waals surface area contributed by atoms with Gasteiger partial charge in [-0.25, -0.2) is 9.18 Å². The zero-order valence-electron chi connectivity index (χ0n) is 22.5. The molecule has 41 heavy (non-hydrogen) atoms. The van der Waals surface area contributed by atoms with Crippen LogP contribution in [0.3, 0.4) is 0 Å². The molecule has 0 aliphatic carbocycles. The molecule has 2 amide bonds. The molecule has 2 N–H and O–H groups in total. The number of ketones is 1. The third-order valence-electron chi connectivity index (χ3n) is 6.49. The average Bonchev–Trinajstić information content (AvgIpc) is 2.97. The van der Waals surface area contributed by atoms with E-state index in [-0.39, 0.29) is 46.8 Å². The monoisotopic (exact) mass is 583 g/mol. The van der Waals surface area contributed by atoms with Gasteiger partial charge in [-0.2, -0.15) is 0 Å². The summed E-state index contributed by atoms with van der Waals surface area (Å²) < 4.78 is 29.2. The summed E-state index contributed by atoms with van der Waals surface area (Å²) in [5.41, 5.74) is 1.18. The first-order valence-electron chi connectivity index (χ1n) is 13.1. The minimum absolute atomic E-state index is 0.0819. The number of likely N-dealkylation sites (tertiary alicyclic amines) is 1. The third-order valence-corrected chi connectivity index (χ3v) is 6.80.